The van der Waals surface area contributed by atoms with Crippen LogP contribution in [0.5, 0.6) is 0 Å². The van der Waals surface area contributed by atoms with Gasteiger partial charge in [-0.05, 0) is 120 Å². The van der Waals surface area contributed by atoms with Crippen molar-refractivity contribution >= 4 is 35.1 Å². The zero-order chi connectivity index (χ0) is 40.0. The highest BCUT2D eigenvalue weighted by molar-refractivity contribution is 8.03. The third-order valence-corrected chi connectivity index (χ3v) is 15.2. The third-order valence-electron chi connectivity index (χ3n) is 12.9. The largest absolute Gasteiger partial charge is 0.294 e. The molecule has 0 heterocycles. The quantitative estimate of drug-likeness (QED) is 0.0800. The molecule has 2 saturated carbocycles. The van der Waals surface area contributed by atoms with Gasteiger partial charge in [0.25, 0.3) is 0 Å². The van der Waals surface area contributed by atoms with Crippen LogP contribution in [0, 0.1) is 11.8 Å². The molecule has 3 aliphatic rings. The number of hydrogen-bond donors (Lipinski definition) is 0. The summed E-state index contributed by atoms with van der Waals surface area (Å²) in [5.41, 5.74) is 9.09. The average Bonchev–Trinajstić information content (AvgIpc) is 3.54. The normalized spacial score (nSPS) is 21.3. The molecule has 2 nitrogen and oxygen atoms in total. The molecule has 0 amide bonds. The molecule has 2 atom stereocenters. The standard InChI is InChI=1S/C54H56O2S2/c1-4-46(13-8-10-38-18-23-41(24-19-38)39-12-7-9-36(2)15-20-39)57-50-33-34-51(53-52(50)49(55)35-45-11-5-6-14-48(45)54(53)56)58-47-31-29-44(30-32-47)43-27-25-42(26-28-43)40-21-16-37(3)17-22-40/h4-6,8,11,13-14,18-19,23-34,36-37,39-40H,7,9-10,12,15-17,20-22,35H2,1-3H3/b13-8-,46-4+. The van der Waals surface area contributed by atoms with Gasteiger partial charge in [-0.2, -0.15) is 0 Å². The Bertz CT molecular complexity index is 2290. The first-order valence-corrected chi connectivity index (χ1v) is 23.3. The molecule has 5 aromatic rings. The van der Waals surface area contributed by atoms with Gasteiger partial charge in [0.1, 0.15) is 0 Å². The second kappa shape index (κ2) is 18.7. The van der Waals surface area contributed by atoms with Crippen molar-refractivity contribution in [3.05, 3.63) is 171 Å². The number of hydrogen-bond acceptors (Lipinski definition) is 4. The lowest BCUT2D eigenvalue weighted by molar-refractivity contribution is 0.0981. The fourth-order valence-corrected chi connectivity index (χ4v) is 11.2. The minimum atomic E-state index is -0.0788. The Morgan fingerprint density at radius 2 is 1.24 bits per heavy atom. The lowest BCUT2D eigenvalue weighted by Crippen LogP contribution is -2.10. The summed E-state index contributed by atoms with van der Waals surface area (Å²) in [6.07, 6.45) is 19.4. The Morgan fingerprint density at radius 3 is 1.93 bits per heavy atom. The number of ketones is 2. The summed E-state index contributed by atoms with van der Waals surface area (Å²) < 4.78 is 0. The molecule has 0 radical (unpaired) electrons. The smallest absolute Gasteiger partial charge is 0.195 e. The molecule has 0 saturated heterocycles. The van der Waals surface area contributed by atoms with Gasteiger partial charge in [0.2, 0.25) is 0 Å². The predicted octanol–water partition coefficient (Wildman–Crippen LogP) is 15.2. The molecule has 3 aliphatic carbocycles. The van der Waals surface area contributed by atoms with E-state index in [1.165, 1.54) is 85.6 Å². The van der Waals surface area contributed by atoms with Crippen molar-refractivity contribution in [2.24, 2.45) is 11.8 Å². The lowest BCUT2D eigenvalue weighted by atomic mass is 9.79. The number of Topliss-reactive ketones (excluding diaryl/α,β-unsaturated/α-hetero) is 1. The summed E-state index contributed by atoms with van der Waals surface area (Å²) in [7, 11) is 0. The number of rotatable bonds is 10. The van der Waals surface area contributed by atoms with Gasteiger partial charge in [-0.25, -0.2) is 0 Å². The van der Waals surface area contributed by atoms with Crippen molar-refractivity contribution in [3.8, 4) is 11.1 Å². The van der Waals surface area contributed by atoms with Crippen LogP contribution in [0.25, 0.3) is 11.1 Å². The molecular formula is C54H56O2S2. The maximum Gasteiger partial charge on any atom is 0.195 e. The fourth-order valence-electron chi connectivity index (χ4n) is 9.29. The second-order valence-corrected chi connectivity index (χ2v) is 19.3. The van der Waals surface area contributed by atoms with E-state index < -0.39 is 0 Å². The van der Waals surface area contributed by atoms with E-state index in [4.69, 9.17) is 0 Å². The Kier molecular flexibility index (Phi) is 13.0. The van der Waals surface area contributed by atoms with E-state index >= 15 is 0 Å². The molecule has 2 fully saturated rings. The highest BCUT2D eigenvalue weighted by Crippen LogP contribution is 2.43. The third kappa shape index (κ3) is 9.40. The number of thioether (sulfide) groups is 1. The minimum Gasteiger partial charge on any atom is -0.294 e. The number of allylic oxidation sites excluding steroid dienone is 3. The summed E-state index contributed by atoms with van der Waals surface area (Å²) in [5.74, 6) is 2.98. The van der Waals surface area contributed by atoms with Crippen molar-refractivity contribution < 1.29 is 9.59 Å². The topological polar surface area (TPSA) is 34.1 Å². The molecule has 2 unspecified atom stereocenters. The van der Waals surface area contributed by atoms with E-state index in [2.05, 4.69) is 105 Å². The van der Waals surface area contributed by atoms with Crippen molar-refractivity contribution in [2.45, 2.75) is 118 Å². The first kappa shape index (κ1) is 40.4. The Balaban J connectivity index is 1.00. The highest BCUT2D eigenvalue weighted by Gasteiger charge is 2.31. The Hall–Kier alpha value is -4.38. The number of carbonyl (C=O) groups is 2. The maximum absolute atomic E-state index is 14.5. The van der Waals surface area contributed by atoms with E-state index in [-0.39, 0.29) is 18.0 Å². The molecule has 0 bridgehead atoms. The van der Waals surface area contributed by atoms with E-state index in [9.17, 15) is 9.59 Å². The summed E-state index contributed by atoms with van der Waals surface area (Å²) in [5, 5.41) is 0. The van der Waals surface area contributed by atoms with Crippen LogP contribution in [0.4, 0.5) is 0 Å². The lowest BCUT2D eigenvalue weighted by Gasteiger charge is -2.26. The van der Waals surface area contributed by atoms with Crippen molar-refractivity contribution in [2.75, 3.05) is 0 Å². The van der Waals surface area contributed by atoms with Gasteiger partial charge in [-0.1, -0.05) is 173 Å². The Morgan fingerprint density at radius 1 is 0.638 bits per heavy atom. The summed E-state index contributed by atoms with van der Waals surface area (Å²) in [6.45, 7) is 6.81. The summed E-state index contributed by atoms with van der Waals surface area (Å²) >= 11 is 3.13. The summed E-state index contributed by atoms with van der Waals surface area (Å²) in [6, 6.07) is 38.7. The van der Waals surface area contributed by atoms with Gasteiger partial charge in [-0.15, -0.1) is 0 Å². The van der Waals surface area contributed by atoms with Crippen LogP contribution in [0.2, 0.25) is 0 Å². The molecule has 0 aromatic heterocycles. The molecule has 8 rings (SSSR count). The first-order valence-electron chi connectivity index (χ1n) is 21.6. The van der Waals surface area contributed by atoms with Gasteiger partial charge in [0.05, 0.1) is 0 Å². The van der Waals surface area contributed by atoms with Crippen molar-refractivity contribution in [1.82, 2.24) is 0 Å². The maximum atomic E-state index is 14.5. The molecule has 0 spiro atoms. The van der Waals surface area contributed by atoms with Gasteiger partial charge >= 0.3 is 0 Å². The van der Waals surface area contributed by atoms with Crippen LogP contribution in [-0.2, 0) is 12.8 Å². The van der Waals surface area contributed by atoms with Gasteiger partial charge < -0.3 is 0 Å². The molecule has 5 aromatic carbocycles. The number of carbonyl (C=O) groups excluding carboxylic acids is 2. The van der Waals surface area contributed by atoms with Crippen LogP contribution in [-0.4, -0.2) is 11.6 Å². The zero-order valence-corrected chi connectivity index (χ0v) is 36.0. The fraction of sp³-hybridized carbons (Fsp3) is 0.333. The van der Waals surface area contributed by atoms with Gasteiger partial charge in [0.15, 0.2) is 11.6 Å². The predicted molar refractivity (Wildman–Crippen MR) is 245 cm³/mol. The minimum absolute atomic E-state index is 0.0116. The SMILES string of the molecule is C/C=C(\C=C/Cc1ccc(C2CCCC(C)CC2)cc1)Sc1ccc(Sc2ccc(-c3ccc(C4CCC(C)CC4)cc3)cc2)c2c1C(=O)Cc1ccccc1C2=O. The Labute approximate surface area is 355 Å². The van der Waals surface area contributed by atoms with Gasteiger partial charge in [-0.3, -0.25) is 9.59 Å². The van der Waals surface area contributed by atoms with Crippen LogP contribution >= 0.6 is 23.5 Å². The molecule has 4 heteroatoms. The molecule has 58 heavy (non-hydrogen) atoms. The van der Waals surface area contributed by atoms with Crippen molar-refractivity contribution in [1.29, 1.82) is 0 Å². The zero-order valence-electron chi connectivity index (χ0n) is 34.3. The van der Waals surface area contributed by atoms with E-state index in [1.807, 2.05) is 43.3 Å². The average molecular weight is 801 g/mol. The van der Waals surface area contributed by atoms with E-state index in [1.54, 1.807) is 23.5 Å². The van der Waals surface area contributed by atoms with Crippen molar-refractivity contribution in [3.63, 3.8) is 0 Å². The van der Waals surface area contributed by atoms with Crippen LogP contribution in [0.15, 0.2) is 147 Å². The van der Waals surface area contributed by atoms with Crippen LogP contribution in [0.3, 0.4) is 0 Å². The summed E-state index contributed by atoms with van der Waals surface area (Å²) in [4.78, 5) is 32.4. The van der Waals surface area contributed by atoms with Gasteiger partial charge in [0, 0.05) is 42.7 Å². The highest BCUT2D eigenvalue weighted by atomic mass is 32.2. The molecular weight excluding hydrogens is 745 g/mol. The number of fused-ring (bicyclic) bond motifs is 2. The van der Waals surface area contributed by atoms with Crippen LogP contribution in [0.1, 0.15) is 139 Å². The monoisotopic (exact) mass is 800 g/mol. The number of benzene rings is 5. The molecule has 0 aliphatic heterocycles. The van der Waals surface area contributed by atoms with E-state index in [0.717, 1.165) is 43.4 Å². The molecule has 296 valence electrons. The second-order valence-electron chi connectivity index (χ2n) is 17.1. The van der Waals surface area contributed by atoms with Crippen LogP contribution < -0.4 is 0 Å². The first-order chi connectivity index (χ1) is 28.3. The molecule has 0 N–H and O–H groups in total. The van der Waals surface area contributed by atoms with E-state index in [0.29, 0.717) is 28.5 Å².